The predicted octanol–water partition coefficient (Wildman–Crippen LogP) is 5.74. The van der Waals surface area contributed by atoms with Crippen molar-refractivity contribution in [3.63, 3.8) is 0 Å². The molecule has 0 amide bonds. The molecule has 1 aliphatic heterocycles. The van der Waals surface area contributed by atoms with Crippen LogP contribution in [-0.2, 0) is 9.53 Å². The molecule has 1 N–H and O–H groups in total. The molecule has 31 heavy (non-hydrogen) atoms. The van der Waals surface area contributed by atoms with Crippen LogP contribution in [0.5, 0.6) is 0 Å². The Labute approximate surface area is 180 Å². The van der Waals surface area contributed by atoms with E-state index in [9.17, 15) is 18.7 Å². The number of carbonyl (C=O) groups excluding carboxylic acids is 1. The lowest BCUT2D eigenvalue weighted by atomic mass is 9.63. The van der Waals surface area contributed by atoms with Gasteiger partial charge in [-0.05, 0) is 79.1 Å². The number of halogens is 2. The van der Waals surface area contributed by atoms with E-state index >= 15 is 0 Å². The van der Waals surface area contributed by atoms with E-state index < -0.39 is 17.3 Å². The smallest absolute Gasteiger partial charge is 0.169 e. The van der Waals surface area contributed by atoms with Crippen LogP contribution < -0.4 is 0 Å². The van der Waals surface area contributed by atoms with Crippen LogP contribution in [0.15, 0.2) is 54.1 Å². The third-order valence-corrected chi connectivity index (χ3v) is 7.38. The summed E-state index contributed by atoms with van der Waals surface area (Å²) in [5, 5.41) is 11.3. The van der Waals surface area contributed by atoms with Gasteiger partial charge in [0.25, 0.3) is 0 Å². The lowest BCUT2D eigenvalue weighted by Gasteiger charge is -2.53. The van der Waals surface area contributed by atoms with Crippen LogP contribution >= 0.6 is 0 Å². The summed E-state index contributed by atoms with van der Waals surface area (Å²) in [6.45, 7) is 0. The number of hydrogen-bond acceptors (Lipinski definition) is 3. The highest BCUT2D eigenvalue weighted by molar-refractivity contribution is 6.06. The van der Waals surface area contributed by atoms with E-state index in [4.69, 9.17) is 4.74 Å². The number of aliphatic hydroxyl groups is 1. The van der Waals surface area contributed by atoms with Gasteiger partial charge in [-0.15, -0.1) is 0 Å². The minimum absolute atomic E-state index is 0.0266. The fourth-order valence-electron chi connectivity index (χ4n) is 5.75. The van der Waals surface area contributed by atoms with Crippen molar-refractivity contribution in [1.82, 2.24) is 0 Å². The third kappa shape index (κ3) is 3.54. The first kappa shape index (κ1) is 20.5. The summed E-state index contributed by atoms with van der Waals surface area (Å²) in [5.74, 6) is -1.97. The van der Waals surface area contributed by atoms with Crippen molar-refractivity contribution in [2.75, 3.05) is 0 Å². The molecule has 3 aliphatic rings. The van der Waals surface area contributed by atoms with Gasteiger partial charge in [0.2, 0.25) is 0 Å². The predicted molar refractivity (Wildman–Crippen MR) is 113 cm³/mol. The molecule has 3 nitrogen and oxygen atoms in total. The van der Waals surface area contributed by atoms with Crippen molar-refractivity contribution >= 4 is 11.9 Å². The molecule has 0 aromatic heterocycles. The molecule has 5 heteroatoms. The number of carbonyl (C=O) groups is 1. The Morgan fingerprint density at radius 1 is 0.968 bits per heavy atom. The van der Waals surface area contributed by atoms with Gasteiger partial charge in [-0.1, -0.05) is 30.7 Å². The Morgan fingerprint density at radius 2 is 1.65 bits per heavy atom. The highest BCUT2D eigenvalue weighted by Crippen LogP contribution is 2.60. The molecule has 2 aromatic rings. The number of benzene rings is 2. The Bertz CT molecular complexity index is 1010. The van der Waals surface area contributed by atoms with Crippen LogP contribution in [0.2, 0.25) is 0 Å². The fraction of sp³-hybridized carbons (Fsp3) is 0.423. The fourth-order valence-corrected chi connectivity index (χ4v) is 5.75. The molecule has 5 rings (SSSR count). The monoisotopic (exact) mass is 424 g/mol. The van der Waals surface area contributed by atoms with Crippen LogP contribution in [0.25, 0.3) is 6.08 Å². The topological polar surface area (TPSA) is 46.5 Å². The summed E-state index contributed by atoms with van der Waals surface area (Å²) in [6, 6.07) is 12.1. The molecule has 4 atom stereocenters. The van der Waals surface area contributed by atoms with Crippen LogP contribution in [-0.4, -0.2) is 16.7 Å². The molecular weight excluding hydrogens is 398 g/mol. The van der Waals surface area contributed by atoms with Crippen LogP contribution in [0, 0.1) is 23.0 Å². The summed E-state index contributed by atoms with van der Waals surface area (Å²) in [7, 11) is 0. The second-order valence-electron chi connectivity index (χ2n) is 9.25. The molecule has 0 bridgehead atoms. The Hall–Kier alpha value is -2.37. The molecule has 1 saturated heterocycles. The number of allylic oxidation sites excluding steroid dienone is 1. The third-order valence-electron chi connectivity index (χ3n) is 7.38. The summed E-state index contributed by atoms with van der Waals surface area (Å²) in [4.78, 5) is 13.8. The van der Waals surface area contributed by atoms with Crippen molar-refractivity contribution in [3.8, 4) is 0 Å². The highest BCUT2D eigenvalue weighted by Gasteiger charge is 2.61. The highest BCUT2D eigenvalue weighted by atomic mass is 19.1. The number of hydrogen-bond donors (Lipinski definition) is 1. The Morgan fingerprint density at radius 3 is 2.35 bits per heavy atom. The average molecular weight is 424 g/mol. The maximum atomic E-state index is 13.8. The van der Waals surface area contributed by atoms with Crippen LogP contribution in [0.4, 0.5) is 8.78 Å². The van der Waals surface area contributed by atoms with E-state index in [-0.39, 0.29) is 23.3 Å². The van der Waals surface area contributed by atoms with E-state index in [1.165, 1.54) is 24.3 Å². The van der Waals surface area contributed by atoms with Gasteiger partial charge in [0.15, 0.2) is 11.6 Å². The minimum Gasteiger partial charge on any atom is -0.365 e. The zero-order valence-corrected chi connectivity index (χ0v) is 17.3. The summed E-state index contributed by atoms with van der Waals surface area (Å²) < 4.78 is 33.2. The van der Waals surface area contributed by atoms with Gasteiger partial charge < -0.3 is 9.84 Å². The zero-order valence-electron chi connectivity index (χ0n) is 17.3. The Kier molecular flexibility index (Phi) is 5.06. The van der Waals surface area contributed by atoms with Gasteiger partial charge in [-0.25, -0.2) is 8.78 Å². The first-order valence-corrected chi connectivity index (χ1v) is 11.1. The normalized spacial score (nSPS) is 34.3. The van der Waals surface area contributed by atoms with Gasteiger partial charge in [-0.2, -0.15) is 0 Å². The van der Waals surface area contributed by atoms with Crippen molar-refractivity contribution in [1.29, 1.82) is 0 Å². The first-order chi connectivity index (χ1) is 14.9. The molecular formula is C26H26F2O3. The number of fused-ring (bicyclic) bond motifs is 1. The van der Waals surface area contributed by atoms with Gasteiger partial charge in [-0.3, -0.25) is 4.79 Å². The van der Waals surface area contributed by atoms with E-state index in [1.807, 2.05) is 6.08 Å². The first-order valence-electron chi connectivity index (χ1n) is 11.1. The molecule has 162 valence electrons. The van der Waals surface area contributed by atoms with E-state index in [2.05, 4.69) is 0 Å². The Balaban J connectivity index is 1.54. The molecule has 0 radical (unpaired) electrons. The number of Topliss-reactive ketones (excluding diaryl/α,β-unsaturated/α-hetero) is 1. The van der Waals surface area contributed by atoms with Gasteiger partial charge in [0.05, 0.1) is 11.5 Å². The second kappa shape index (κ2) is 7.64. The lowest BCUT2D eigenvalue weighted by molar-refractivity contribution is -0.323. The zero-order chi connectivity index (χ0) is 21.6. The maximum absolute atomic E-state index is 13.8. The molecule has 1 heterocycles. The lowest BCUT2D eigenvalue weighted by Crippen LogP contribution is -2.55. The average Bonchev–Trinajstić information content (AvgIpc) is 3.06. The van der Waals surface area contributed by atoms with Gasteiger partial charge in [0.1, 0.15) is 11.6 Å². The number of rotatable bonds is 2. The van der Waals surface area contributed by atoms with Gasteiger partial charge >= 0.3 is 0 Å². The molecule has 2 aliphatic carbocycles. The largest absolute Gasteiger partial charge is 0.365 e. The standard InChI is InChI=1S/C26H26F2O3/c27-21-8-4-17(5-9-21)15-19-12-14-25(23(19)29)16-20-3-1-2-13-26(20,30)31-24(25)18-6-10-22(28)11-7-18/h4-11,15,20,24,30H,1-3,12-14,16H2/b19-15+/t20-,24-,25-,26+/m1/s1. The number of ether oxygens (including phenoxy) is 1. The van der Waals surface area contributed by atoms with Gasteiger partial charge in [0, 0.05) is 12.3 Å². The van der Waals surface area contributed by atoms with Crippen molar-refractivity contribution in [3.05, 3.63) is 76.9 Å². The van der Waals surface area contributed by atoms with Crippen LogP contribution in [0.1, 0.15) is 62.2 Å². The molecule has 3 fully saturated rings. The van der Waals surface area contributed by atoms with Crippen molar-refractivity contribution in [2.24, 2.45) is 11.3 Å². The van der Waals surface area contributed by atoms with Crippen molar-refractivity contribution in [2.45, 2.75) is 56.8 Å². The maximum Gasteiger partial charge on any atom is 0.169 e. The summed E-state index contributed by atoms with van der Waals surface area (Å²) in [6.07, 6.45) is 6.27. The second-order valence-corrected chi connectivity index (χ2v) is 9.25. The van der Waals surface area contributed by atoms with Crippen LogP contribution in [0.3, 0.4) is 0 Å². The summed E-state index contributed by atoms with van der Waals surface area (Å²) >= 11 is 0. The SMILES string of the molecule is O=C1/C(=C/c2ccc(F)cc2)CC[C@@]12C[C@H]1CCCC[C@]1(O)O[C@@H]2c1ccc(F)cc1. The van der Waals surface area contributed by atoms with Crippen molar-refractivity contribution < 1.29 is 23.4 Å². The van der Waals surface area contributed by atoms with E-state index in [0.29, 0.717) is 31.3 Å². The number of ketones is 1. The molecule has 1 spiro atoms. The molecule has 2 saturated carbocycles. The van der Waals surface area contributed by atoms with E-state index in [0.717, 1.165) is 30.4 Å². The molecule has 0 unspecified atom stereocenters. The van der Waals surface area contributed by atoms with E-state index in [1.54, 1.807) is 24.3 Å². The quantitative estimate of drug-likeness (QED) is 0.626. The minimum atomic E-state index is -1.24. The summed E-state index contributed by atoms with van der Waals surface area (Å²) in [5.41, 5.74) is 1.42. The molecule has 2 aromatic carbocycles.